The Morgan fingerprint density at radius 3 is 2.65 bits per heavy atom. The summed E-state index contributed by atoms with van der Waals surface area (Å²) in [5.41, 5.74) is 5.73. The minimum absolute atomic E-state index is 0.121. The number of carbonyl (C=O) groups excluding carboxylic acids is 3. The summed E-state index contributed by atoms with van der Waals surface area (Å²) in [7, 11) is 0. The molecule has 0 spiro atoms. The highest BCUT2D eigenvalue weighted by molar-refractivity contribution is 7.17. The fraction of sp³-hybridized carbons (Fsp3) is 0.294. The number of benzene rings is 1. The molecule has 1 fully saturated rings. The maximum Gasteiger partial charge on any atom is 0.260 e. The number of anilines is 1. The van der Waals surface area contributed by atoms with Gasteiger partial charge in [-0.15, -0.1) is 0 Å². The molecule has 1 aromatic carbocycles. The largest absolute Gasteiger partial charge is 0.365 e. The van der Waals surface area contributed by atoms with Crippen molar-refractivity contribution in [2.24, 2.45) is 11.7 Å². The van der Waals surface area contributed by atoms with Gasteiger partial charge in [-0.3, -0.25) is 14.4 Å². The molecule has 26 heavy (non-hydrogen) atoms. The third kappa shape index (κ3) is 4.20. The van der Waals surface area contributed by atoms with E-state index in [9.17, 15) is 14.4 Å². The van der Waals surface area contributed by atoms with Gasteiger partial charge in [-0.05, 0) is 37.1 Å². The number of nitrogens with two attached hydrogens (primary N) is 1. The van der Waals surface area contributed by atoms with Crippen molar-refractivity contribution >= 4 is 45.8 Å². The second-order valence-electron chi connectivity index (χ2n) is 5.98. The third-order valence-electron chi connectivity index (χ3n) is 4.15. The van der Waals surface area contributed by atoms with Crippen LogP contribution in [0.4, 0.5) is 5.13 Å². The van der Waals surface area contributed by atoms with Gasteiger partial charge in [0.2, 0.25) is 5.91 Å². The second kappa shape index (κ2) is 7.84. The topological polar surface area (TPSA) is 105 Å². The molecule has 0 aliphatic carbocycles. The molecule has 2 heterocycles. The van der Waals surface area contributed by atoms with E-state index >= 15 is 0 Å². The molecule has 1 unspecified atom stereocenters. The molecular weight excluding hydrogens is 376 g/mol. The molecule has 3 N–H and O–H groups in total. The lowest BCUT2D eigenvalue weighted by atomic mass is 9.96. The summed E-state index contributed by atoms with van der Waals surface area (Å²) in [5.74, 6) is -1.25. The zero-order valence-electron chi connectivity index (χ0n) is 13.8. The molecule has 7 nitrogen and oxygen atoms in total. The minimum Gasteiger partial charge on any atom is -0.365 e. The number of rotatable bonds is 4. The fourth-order valence-corrected chi connectivity index (χ4v) is 3.60. The van der Waals surface area contributed by atoms with E-state index in [0.29, 0.717) is 35.2 Å². The van der Waals surface area contributed by atoms with E-state index in [4.69, 9.17) is 17.3 Å². The van der Waals surface area contributed by atoms with Crippen LogP contribution in [0.5, 0.6) is 0 Å². The van der Waals surface area contributed by atoms with Gasteiger partial charge in [0, 0.05) is 23.7 Å². The molecule has 3 amide bonds. The summed E-state index contributed by atoms with van der Waals surface area (Å²) in [6, 6.07) is 6.69. The minimum atomic E-state index is -0.583. The number of hydrogen-bond donors (Lipinski definition) is 2. The Hall–Kier alpha value is -2.45. The zero-order valence-corrected chi connectivity index (χ0v) is 15.3. The molecule has 1 atom stereocenters. The van der Waals surface area contributed by atoms with Crippen LogP contribution >= 0.6 is 22.9 Å². The average molecular weight is 393 g/mol. The summed E-state index contributed by atoms with van der Waals surface area (Å²) in [6.45, 7) is 0.940. The number of aromatic nitrogens is 1. The number of nitrogens with zero attached hydrogens (tertiary/aromatic N) is 2. The van der Waals surface area contributed by atoms with Crippen LogP contribution in [0.1, 0.15) is 32.9 Å². The van der Waals surface area contributed by atoms with Gasteiger partial charge in [0.05, 0.1) is 12.1 Å². The van der Waals surface area contributed by atoms with Gasteiger partial charge >= 0.3 is 0 Å². The molecule has 0 saturated carbocycles. The first-order chi connectivity index (χ1) is 12.4. The van der Waals surface area contributed by atoms with Crippen molar-refractivity contribution in [3.05, 3.63) is 45.9 Å². The Morgan fingerprint density at radius 1 is 1.27 bits per heavy atom. The highest BCUT2D eigenvalue weighted by Crippen LogP contribution is 2.23. The number of nitrogens with one attached hydrogen (secondary N) is 1. The number of piperidine rings is 1. The first kappa shape index (κ1) is 18.3. The van der Waals surface area contributed by atoms with Gasteiger partial charge in [-0.25, -0.2) is 4.98 Å². The van der Waals surface area contributed by atoms with Crippen LogP contribution in [0, 0.1) is 5.92 Å². The molecule has 1 saturated heterocycles. The van der Waals surface area contributed by atoms with E-state index in [0.717, 1.165) is 17.8 Å². The number of amides is 3. The van der Waals surface area contributed by atoms with Crippen LogP contribution in [0.25, 0.3) is 0 Å². The number of hydrogen-bond acceptors (Lipinski definition) is 5. The number of carbonyl (C=O) groups is 3. The number of thiazole rings is 1. The molecule has 3 rings (SSSR count). The third-order valence-corrected chi connectivity index (χ3v) is 5.33. The monoisotopic (exact) mass is 392 g/mol. The number of primary amides is 1. The summed E-state index contributed by atoms with van der Waals surface area (Å²) in [4.78, 5) is 42.1. The molecule has 136 valence electrons. The van der Waals surface area contributed by atoms with E-state index in [2.05, 4.69) is 10.3 Å². The van der Waals surface area contributed by atoms with Crippen LogP contribution < -0.4 is 11.1 Å². The van der Waals surface area contributed by atoms with Crippen LogP contribution in [0.15, 0.2) is 30.5 Å². The molecule has 9 heteroatoms. The van der Waals surface area contributed by atoms with Gasteiger partial charge in [-0.2, -0.15) is 0 Å². The highest BCUT2D eigenvalue weighted by Gasteiger charge is 2.29. The van der Waals surface area contributed by atoms with E-state index < -0.39 is 5.91 Å². The highest BCUT2D eigenvalue weighted by atomic mass is 35.5. The first-order valence-electron chi connectivity index (χ1n) is 8.05. The average Bonchev–Trinajstić information content (AvgIpc) is 3.11. The molecule has 2 aromatic rings. The Labute approximate surface area is 159 Å². The van der Waals surface area contributed by atoms with Crippen LogP contribution in [-0.2, 0) is 4.79 Å². The lowest BCUT2D eigenvalue weighted by Gasteiger charge is -2.32. The van der Waals surface area contributed by atoms with Crippen molar-refractivity contribution in [2.45, 2.75) is 12.8 Å². The van der Waals surface area contributed by atoms with Gasteiger partial charge in [0.25, 0.3) is 11.8 Å². The van der Waals surface area contributed by atoms with Crippen LogP contribution in [0.2, 0.25) is 5.02 Å². The normalized spacial score (nSPS) is 17.0. The molecule has 0 radical (unpaired) electrons. The van der Waals surface area contributed by atoms with Crippen molar-refractivity contribution in [1.82, 2.24) is 9.88 Å². The van der Waals surface area contributed by atoms with Gasteiger partial charge in [-0.1, -0.05) is 22.9 Å². The van der Waals surface area contributed by atoms with Crippen molar-refractivity contribution in [2.75, 3.05) is 18.4 Å². The fourth-order valence-electron chi connectivity index (χ4n) is 2.80. The van der Waals surface area contributed by atoms with Gasteiger partial charge in [0.1, 0.15) is 4.88 Å². The van der Waals surface area contributed by atoms with Crippen LogP contribution in [-0.4, -0.2) is 40.7 Å². The maximum atomic E-state index is 12.6. The quantitative estimate of drug-likeness (QED) is 0.833. The molecule has 0 bridgehead atoms. The first-order valence-corrected chi connectivity index (χ1v) is 9.25. The van der Waals surface area contributed by atoms with E-state index in [1.807, 2.05) is 0 Å². The summed E-state index contributed by atoms with van der Waals surface area (Å²) < 4.78 is 0. The van der Waals surface area contributed by atoms with E-state index in [-0.39, 0.29) is 22.6 Å². The Balaban J connectivity index is 1.63. The Bertz CT molecular complexity index is 837. The standard InChI is InChI=1S/C17H17ClN4O3S/c18-12-5-3-10(4-6-12)16(25)22-7-1-2-11(9-22)15(24)21-17-20-8-13(26-17)14(19)23/h3-6,8,11H,1-2,7,9H2,(H2,19,23)(H,20,21,24). The number of likely N-dealkylation sites (tertiary alicyclic amines) is 1. The Kier molecular flexibility index (Phi) is 5.53. The van der Waals surface area contributed by atoms with E-state index in [1.165, 1.54) is 6.20 Å². The van der Waals surface area contributed by atoms with Crippen molar-refractivity contribution in [3.63, 3.8) is 0 Å². The van der Waals surface area contributed by atoms with Gasteiger partial charge in [0.15, 0.2) is 5.13 Å². The zero-order chi connectivity index (χ0) is 18.7. The lowest BCUT2D eigenvalue weighted by Crippen LogP contribution is -2.43. The summed E-state index contributed by atoms with van der Waals surface area (Å²) in [6.07, 6.45) is 2.76. The number of halogens is 1. The predicted molar refractivity (Wildman–Crippen MR) is 99.3 cm³/mol. The molecular formula is C17H17ClN4O3S. The maximum absolute atomic E-state index is 12.6. The predicted octanol–water partition coefficient (Wildman–Crippen LogP) is 2.39. The Morgan fingerprint density at radius 2 is 2.00 bits per heavy atom. The van der Waals surface area contributed by atoms with E-state index in [1.54, 1.807) is 29.2 Å². The van der Waals surface area contributed by atoms with Crippen molar-refractivity contribution in [3.8, 4) is 0 Å². The van der Waals surface area contributed by atoms with Crippen molar-refractivity contribution < 1.29 is 14.4 Å². The second-order valence-corrected chi connectivity index (χ2v) is 7.45. The molecule has 1 aromatic heterocycles. The van der Waals surface area contributed by atoms with Crippen LogP contribution in [0.3, 0.4) is 0 Å². The lowest BCUT2D eigenvalue weighted by molar-refractivity contribution is -0.121. The molecule has 1 aliphatic heterocycles. The summed E-state index contributed by atoms with van der Waals surface area (Å²) in [5, 5.41) is 3.59. The van der Waals surface area contributed by atoms with Crippen molar-refractivity contribution in [1.29, 1.82) is 0 Å². The smallest absolute Gasteiger partial charge is 0.260 e. The van der Waals surface area contributed by atoms with Gasteiger partial charge < -0.3 is 16.0 Å². The summed E-state index contributed by atoms with van der Waals surface area (Å²) >= 11 is 6.88. The molecule has 1 aliphatic rings. The SMILES string of the molecule is NC(=O)c1cnc(NC(=O)C2CCCN(C(=O)c3ccc(Cl)cc3)C2)s1.